The van der Waals surface area contributed by atoms with Crippen molar-refractivity contribution in [2.75, 3.05) is 0 Å². The minimum atomic E-state index is -1.81. The Morgan fingerprint density at radius 1 is 1.33 bits per heavy atom. The van der Waals surface area contributed by atoms with Crippen molar-refractivity contribution >= 4 is 11.6 Å². The lowest BCUT2D eigenvalue weighted by Gasteiger charge is -2.27. The highest BCUT2D eigenvalue weighted by molar-refractivity contribution is 6.32. The zero-order valence-electron chi connectivity index (χ0n) is 9.98. The molecule has 2 atom stereocenters. The summed E-state index contributed by atoms with van der Waals surface area (Å²) < 4.78 is 24.9. The Morgan fingerprint density at radius 2 is 2.11 bits per heavy atom. The summed E-state index contributed by atoms with van der Waals surface area (Å²) >= 11 is 5.95. The van der Waals surface area contributed by atoms with E-state index in [9.17, 15) is 4.39 Å². The van der Waals surface area contributed by atoms with Gasteiger partial charge in [0, 0.05) is 6.42 Å². The Labute approximate surface area is 111 Å². The minimum Gasteiger partial charge on any atom is -0.464 e. The van der Waals surface area contributed by atoms with Crippen LogP contribution < -0.4 is 4.74 Å². The van der Waals surface area contributed by atoms with Gasteiger partial charge in [-0.15, -0.1) is 0 Å². The van der Waals surface area contributed by atoms with Crippen LogP contribution in [-0.2, 0) is 4.74 Å². The molecule has 0 heterocycles. The predicted octanol–water partition coefficient (Wildman–Crippen LogP) is 4.26. The van der Waals surface area contributed by atoms with Gasteiger partial charge < -0.3 is 9.47 Å². The van der Waals surface area contributed by atoms with Gasteiger partial charge in [-0.2, -0.15) is 0 Å². The van der Waals surface area contributed by atoms with Crippen LogP contribution in [0.5, 0.6) is 5.75 Å². The van der Waals surface area contributed by atoms with Crippen LogP contribution >= 0.6 is 11.6 Å². The van der Waals surface area contributed by atoms with Crippen molar-refractivity contribution < 1.29 is 13.9 Å². The molecule has 2 rings (SSSR count). The van der Waals surface area contributed by atoms with Gasteiger partial charge in [-0.05, 0) is 25.1 Å². The van der Waals surface area contributed by atoms with E-state index in [1.807, 2.05) is 0 Å². The van der Waals surface area contributed by atoms with E-state index < -0.39 is 12.1 Å². The van der Waals surface area contributed by atoms with Gasteiger partial charge in [0.15, 0.2) is 0 Å². The highest BCUT2D eigenvalue weighted by Crippen LogP contribution is 2.29. The Balaban J connectivity index is 1.97. The van der Waals surface area contributed by atoms with Crippen LogP contribution in [0.1, 0.15) is 13.3 Å². The predicted molar refractivity (Wildman–Crippen MR) is 69.4 cm³/mol. The Morgan fingerprint density at radius 3 is 2.78 bits per heavy atom. The molecule has 0 bridgehead atoms. The molecule has 96 valence electrons. The Bertz CT molecular complexity index is 473. The molecule has 1 aromatic carbocycles. The van der Waals surface area contributed by atoms with Gasteiger partial charge in [0.1, 0.15) is 5.75 Å². The summed E-state index contributed by atoms with van der Waals surface area (Å²) in [6, 6.07) is 7.01. The van der Waals surface area contributed by atoms with Crippen molar-refractivity contribution in [1.29, 1.82) is 0 Å². The molecule has 0 radical (unpaired) electrons. The summed E-state index contributed by atoms with van der Waals surface area (Å²) in [5.74, 6) is -1.33. The normalized spacial score (nSPS) is 23.9. The second-order valence-electron chi connectivity index (χ2n) is 4.01. The van der Waals surface area contributed by atoms with Gasteiger partial charge in [0.25, 0.3) is 0 Å². The zero-order chi connectivity index (χ0) is 13.0. The smallest absolute Gasteiger partial charge is 0.235 e. The number of alkyl halides is 1. The molecule has 0 aliphatic heterocycles. The number of para-hydroxylation sites is 1. The fourth-order valence-corrected chi connectivity index (χ4v) is 1.86. The van der Waals surface area contributed by atoms with Crippen LogP contribution in [0.3, 0.4) is 0 Å². The van der Waals surface area contributed by atoms with Gasteiger partial charge in [0.05, 0.1) is 5.02 Å². The van der Waals surface area contributed by atoms with E-state index in [1.165, 1.54) is 6.08 Å². The third-order valence-electron chi connectivity index (χ3n) is 2.48. The summed E-state index contributed by atoms with van der Waals surface area (Å²) in [6.45, 7) is 1.64. The highest BCUT2D eigenvalue weighted by Gasteiger charge is 2.30. The van der Waals surface area contributed by atoms with E-state index in [0.717, 1.165) is 0 Å². The molecular weight excluding hydrogens is 255 g/mol. The first-order valence-corrected chi connectivity index (χ1v) is 6.09. The van der Waals surface area contributed by atoms with Gasteiger partial charge in [-0.3, -0.25) is 0 Å². The van der Waals surface area contributed by atoms with E-state index in [0.29, 0.717) is 10.8 Å². The lowest BCUT2D eigenvalue weighted by Crippen LogP contribution is -2.32. The molecule has 0 saturated heterocycles. The molecular formula is C14H14ClFO2. The van der Waals surface area contributed by atoms with E-state index >= 15 is 0 Å². The maximum atomic E-state index is 14.2. The molecule has 0 aromatic heterocycles. The molecule has 18 heavy (non-hydrogen) atoms. The van der Waals surface area contributed by atoms with E-state index in [4.69, 9.17) is 21.1 Å². The van der Waals surface area contributed by atoms with Crippen LogP contribution in [-0.4, -0.2) is 12.1 Å². The average molecular weight is 269 g/mol. The lowest BCUT2D eigenvalue weighted by atomic mass is 10.1. The Hall–Kier alpha value is -1.32. The first-order chi connectivity index (χ1) is 8.59. The van der Waals surface area contributed by atoms with Gasteiger partial charge in [0.2, 0.25) is 12.1 Å². The number of halogens is 2. The quantitative estimate of drug-likeness (QED) is 0.760. The molecule has 1 aliphatic rings. The van der Waals surface area contributed by atoms with Gasteiger partial charge in [-0.1, -0.05) is 42.0 Å². The van der Waals surface area contributed by atoms with Crippen LogP contribution in [0, 0.1) is 0 Å². The van der Waals surface area contributed by atoms with Crippen LogP contribution in [0.15, 0.2) is 48.6 Å². The standard InChI is InChI=1S/C14H14ClFO2/c1-11(17-13-8-4-3-7-12(13)15)18-14(16)9-5-2-6-10-14/h2-9,11H,10H2,1H3. The molecule has 2 nitrogen and oxygen atoms in total. The molecule has 2 unspecified atom stereocenters. The van der Waals surface area contributed by atoms with Crippen LogP contribution in [0.4, 0.5) is 4.39 Å². The second-order valence-corrected chi connectivity index (χ2v) is 4.42. The summed E-state index contributed by atoms with van der Waals surface area (Å²) in [5.41, 5.74) is 0. The topological polar surface area (TPSA) is 18.5 Å². The molecule has 4 heteroatoms. The fourth-order valence-electron chi connectivity index (χ4n) is 1.68. The summed E-state index contributed by atoms with van der Waals surface area (Å²) in [5, 5.41) is 0.472. The fraction of sp³-hybridized carbons (Fsp3) is 0.286. The lowest BCUT2D eigenvalue weighted by molar-refractivity contribution is -0.198. The van der Waals surface area contributed by atoms with Crippen LogP contribution in [0.2, 0.25) is 5.02 Å². The third kappa shape index (κ3) is 3.34. The maximum Gasteiger partial charge on any atom is 0.235 e. The summed E-state index contributed by atoms with van der Waals surface area (Å²) in [7, 11) is 0. The van der Waals surface area contributed by atoms with Crippen molar-refractivity contribution in [2.24, 2.45) is 0 Å². The molecule has 0 saturated carbocycles. The Kier molecular flexibility index (Phi) is 4.04. The second kappa shape index (κ2) is 5.55. The number of hydrogen-bond acceptors (Lipinski definition) is 2. The van der Waals surface area contributed by atoms with E-state index in [2.05, 4.69) is 0 Å². The summed E-state index contributed by atoms with van der Waals surface area (Å²) in [6.07, 6.45) is 5.93. The van der Waals surface area contributed by atoms with Crippen molar-refractivity contribution in [3.8, 4) is 5.75 Å². The van der Waals surface area contributed by atoms with Gasteiger partial charge in [-0.25, -0.2) is 4.39 Å². The first kappa shape index (κ1) is 13.1. The number of rotatable bonds is 4. The zero-order valence-corrected chi connectivity index (χ0v) is 10.7. The first-order valence-electron chi connectivity index (χ1n) is 5.71. The number of hydrogen-bond donors (Lipinski definition) is 0. The van der Waals surface area contributed by atoms with E-state index in [-0.39, 0.29) is 6.42 Å². The third-order valence-corrected chi connectivity index (χ3v) is 2.79. The van der Waals surface area contributed by atoms with E-state index in [1.54, 1.807) is 49.4 Å². The SMILES string of the molecule is CC(Oc1ccccc1Cl)OC1(F)C=CC=CC1. The largest absolute Gasteiger partial charge is 0.464 e. The monoisotopic (exact) mass is 268 g/mol. The molecule has 1 aromatic rings. The van der Waals surface area contributed by atoms with Crippen molar-refractivity contribution in [3.05, 3.63) is 53.6 Å². The minimum absolute atomic E-state index is 0.180. The van der Waals surface area contributed by atoms with Crippen molar-refractivity contribution in [1.82, 2.24) is 0 Å². The van der Waals surface area contributed by atoms with Crippen molar-refractivity contribution in [2.45, 2.75) is 25.5 Å². The number of allylic oxidation sites excluding steroid dienone is 2. The maximum absolute atomic E-state index is 14.2. The van der Waals surface area contributed by atoms with Crippen molar-refractivity contribution in [3.63, 3.8) is 0 Å². The molecule has 0 fully saturated rings. The number of benzene rings is 1. The van der Waals surface area contributed by atoms with Crippen LogP contribution in [0.25, 0.3) is 0 Å². The average Bonchev–Trinajstić information content (AvgIpc) is 2.32. The van der Waals surface area contributed by atoms with Gasteiger partial charge >= 0.3 is 0 Å². The number of ether oxygens (including phenoxy) is 2. The molecule has 1 aliphatic carbocycles. The summed E-state index contributed by atoms with van der Waals surface area (Å²) in [4.78, 5) is 0. The highest BCUT2D eigenvalue weighted by atomic mass is 35.5. The molecule has 0 spiro atoms. The molecule has 0 N–H and O–H groups in total. The molecule has 0 amide bonds.